The van der Waals surface area contributed by atoms with E-state index in [1.807, 2.05) is 0 Å². The molecule has 0 radical (unpaired) electrons. The number of primary amides is 1. The topological polar surface area (TPSA) is 607 Å². The number of aliphatic hydroxyl groups is 1. The Morgan fingerprint density at radius 1 is 0.686 bits per heavy atom. The zero-order valence-electron chi connectivity index (χ0n) is 57.1. The number of carbonyl (C=O) groups excluding carboxylic acids is 13. The van der Waals surface area contributed by atoms with E-state index in [1.165, 1.54) is 19.4 Å². The first-order valence-corrected chi connectivity index (χ1v) is 34.5. The molecule has 2 aliphatic rings. The molecule has 1 saturated heterocycles. The summed E-state index contributed by atoms with van der Waals surface area (Å²) in [6, 6.07) is -2.66. The van der Waals surface area contributed by atoms with Crippen LogP contribution in [-0.2, 0) is 80.0 Å². The van der Waals surface area contributed by atoms with E-state index in [2.05, 4.69) is 83.8 Å². The number of imidazole rings is 1. The number of guanidine groups is 2. The monoisotopic (exact) mass is 1450 g/mol. The number of hydrogen-bond donors (Lipinski definition) is 20. The number of carboxylic acid groups (broad SMARTS) is 1. The summed E-state index contributed by atoms with van der Waals surface area (Å²) in [5, 5.41) is 53.9. The highest BCUT2D eigenvalue weighted by molar-refractivity contribution is 7.99. The third-order valence-electron chi connectivity index (χ3n) is 16.6. The van der Waals surface area contributed by atoms with Gasteiger partial charge in [0.15, 0.2) is 11.9 Å². The van der Waals surface area contributed by atoms with E-state index >= 15 is 4.79 Å². The highest BCUT2D eigenvalue weighted by atomic mass is 32.2. The number of aromatic amines is 1. The molecule has 1 aromatic heterocycles. The van der Waals surface area contributed by atoms with Gasteiger partial charge in [0, 0.05) is 70.4 Å². The van der Waals surface area contributed by atoms with Crippen molar-refractivity contribution in [2.75, 3.05) is 31.3 Å². The largest absolute Gasteiger partial charge is 0.480 e. The van der Waals surface area contributed by atoms with Gasteiger partial charge < -0.3 is 108 Å². The first kappa shape index (κ1) is 82.0. The molecular weight excluding hydrogens is 1350 g/mol. The standard InChI is InChI=1S/C64H95N21O16S/c1-34(86)51-59(98)81-45(27-38-15-10-14-37-13-4-5-16-40(37)38)56(95)78-42(18-11-25-72-62(66)67)52(91)77-41(54(93)82-47(60(99)100)28-39-30-70-32-74-39)17-6-9-24-71-50(90)29-46(76-36(3)88)58(97)85-64(22-7-8-23-64)61(101)83-48(31-102-33-75-35(2)87)57(96)79-43(19-12-26-73-63(68)69)53(92)80-44(55(94)84-51)20-21-49(65)89/h4-5,10,13-16,30,32,34,41-48,51,86H,6-9,11-12,17-29,31,33H2,1-3H3,(H2,65,89)(H,70,74)(H,71,90)(H,75,87)(H,76,88)(H,77,91)(H,78,95)(H,79,96)(H,80,92)(H,81,98)(H,82,93)(H,83,101)(H,84,94)(H,85,97)(H,99,100)(H4,66,67,72)(H4,68,69,73)/t34-,41+,42+,43+,44+,45+,46+,47+,48+,51+/m1/s1. The maximum atomic E-state index is 15.1. The molecule has 3 aromatic rings. The van der Waals surface area contributed by atoms with Crippen molar-refractivity contribution < 1.29 is 77.3 Å². The minimum absolute atomic E-state index is 0.00693. The molecule has 1 spiro atoms. The molecule has 37 nitrogen and oxygen atoms in total. The van der Waals surface area contributed by atoms with Crippen molar-refractivity contribution in [3.8, 4) is 0 Å². The molecule has 558 valence electrons. The van der Waals surface area contributed by atoms with Gasteiger partial charge in [-0.3, -0.25) is 72.3 Å². The van der Waals surface area contributed by atoms with Crippen LogP contribution in [-0.4, -0.2) is 212 Å². The fraction of sp³-hybridized carbons (Fsp3) is 0.547. The molecule has 10 atom stereocenters. The van der Waals surface area contributed by atoms with Crippen LogP contribution in [0.1, 0.15) is 122 Å². The van der Waals surface area contributed by atoms with E-state index in [1.54, 1.807) is 42.5 Å². The van der Waals surface area contributed by atoms with Crippen LogP contribution < -0.4 is 92.5 Å². The van der Waals surface area contributed by atoms with E-state index in [4.69, 9.17) is 28.7 Å². The van der Waals surface area contributed by atoms with Crippen LogP contribution in [0.2, 0.25) is 0 Å². The number of aliphatic hydroxyl groups excluding tert-OH is 1. The molecule has 0 bridgehead atoms. The maximum Gasteiger partial charge on any atom is 0.326 e. The second-order valence-corrected chi connectivity index (χ2v) is 25.8. The lowest BCUT2D eigenvalue weighted by molar-refractivity contribution is -0.142. The van der Waals surface area contributed by atoms with E-state index in [0.29, 0.717) is 29.5 Å². The zero-order valence-corrected chi connectivity index (χ0v) is 57.9. The van der Waals surface area contributed by atoms with Crippen molar-refractivity contribution in [3.63, 3.8) is 0 Å². The third kappa shape index (κ3) is 27.5. The lowest BCUT2D eigenvalue weighted by atomic mass is 9.94. The number of H-pyrrole nitrogens is 1. The zero-order chi connectivity index (χ0) is 75.1. The summed E-state index contributed by atoms with van der Waals surface area (Å²) in [6.07, 6.45) is -1.28. The van der Waals surface area contributed by atoms with Crippen molar-refractivity contribution in [2.45, 2.75) is 190 Å². The Hall–Kier alpha value is -10.7. The molecule has 38 heteroatoms. The number of nitrogens with two attached hydrogens (primary N) is 5. The predicted octanol–water partition coefficient (Wildman–Crippen LogP) is -5.48. The normalized spacial score (nSPS) is 22.4. The number of carboxylic acids is 1. The number of amides is 13. The number of hydrogen-bond acceptors (Lipinski definition) is 19. The molecule has 13 amide bonds. The van der Waals surface area contributed by atoms with Gasteiger partial charge in [-0.05, 0) is 87.5 Å². The van der Waals surface area contributed by atoms with Crippen molar-refractivity contribution >= 4 is 117 Å². The smallest absolute Gasteiger partial charge is 0.326 e. The number of aliphatic imine (C=N–C) groups is 2. The van der Waals surface area contributed by atoms with E-state index in [0.717, 1.165) is 31.0 Å². The highest BCUT2D eigenvalue weighted by Gasteiger charge is 2.46. The van der Waals surface area contributed by atoms with Gasteiger partial charge in [-0.1, -0.05) is 55.3 Å². The Labute approximate surface area is 591 Å². The second kappa shape index (κ2) is 41.2. The van der Waals surface area contributed by atoms with Crippen LogP contribution in [0.25, 0.3) is 10.8 Å². The average Bonchev–Trinajstić information content (AvgIpc) is 1.52. The Kier molecular flexibility index (Phi) is 33.1. The van der Waals surface area contributed by atoms with Gasteiger partial charge in [-0.25, -0.2) is 9.78 Å². The third-order valence-corrected chi connectivity index (χ3v) is 17.5. The van der Waals surface area contributed by atoms with Crippen molar-refractivity contribution in [1.29, 1.82) is 0 Å². The number of nitrogens with one attached hydrogen (secondary N) is 13. The Morgan fingerprint density at radius 3 is 1.86 bits per heavy atom. The molecule has 0 unspecified atom stereocenters. The summed E-state index contributed by atoms with van der Waals surface area (Å²) >= 11 is 0.986. The number of nitrogens with zero attached hydrogens (tertiary/aromatic N) is 3. The van der Waals surface area contributed by atoms with Gasteiger partial charge in [0.2, 0.25) is 76.8 Å². The number of fused-ring (bicyclic) bond motifs is 1. The molecule has 25 N–H and O–H groups in total. The average molecular weight is 1450 g/mol. The summed E-state index contributed by atoms with van der Waals surface area (Å²) in [4.78, 5) is 210. The minimum Gasteiger partial charge on any atom is -0.480 e. The van der Waals surface area contributed by atoms with Crippen molar-refractivity contribution in [3.05, 3.63) is 66.2 Å². The Morgan fingerprint density at radius 2 is 1.27 bits per heavy atom. The van der Waals surface area contributed by atoms with Gasteiger partial charge >= 0.3 is 5.97 Å². The number of thioether (sulfide) groups is 1. The molecule has 5 rings (SSSR count). The minimum atomic E-state index is -1.96. The Balaban J connectivity index is 1.64. The van der Waals surface area contributed by atoms with Crippen LogP contribution in [0.3, 0.4) is 0 Å². The highest BCUT2D eigenvalue weighted by Crippen LogP contribution is 2.31. The fourth-order valence-electron chi connectivity index (χ4n) is 11.3. The molecule has 2 heterocycles. The fourth-order valence-corrected chi connectivity index (χ4v) is 12.2. The quantitative estimate of drug-likeness (QED) is 0.0172. The summed E-state index contributed by atoms with van der Waals surface area (Å²) in [7, 11) is 0. The molecule has 2 aromatic carbocycles. The van der Waals surface area contributed by atoms with Crippen LogP contribution in [0.15, 0.2) is 65.0 Å². The number of rotatable bonds is 24. The van der Waals surface area contributed by atoms with Crippen LogP contribution in [0, 0.1) is 0 Å². The summed E-state index contributed by atoms with van der Waals surface area (Å²) in [5.74, 6) is -14.5. The van der Waals surface area contributed by atoms with Gasteiger partial charge in [-0.2, -0.15) is 0 Å². The van der Waals surface area contributed by atoms with Crippen LogP contribution in [0.4, 0.5) is 0 Å². The maximum absolute atomic E-state index is 15.1. The number of benzene rings is 2. The lowest BCUT2D eigenvalue weighted by Crippen LogP contribution is -2.64. The van der Waals surface area contributed by atoms with Gasteiger partial charge in [0.25, 0.3) is 0 Å². The molecule has 1 saturated carbocycles. The number of aliphatic carboxylic acids is 1. The predicted molar refractivity (Wildman–Crippen MR) is 373 cm³/mol. The first-order chi connectivity index (χ1) is 48.4. The summed E-state index contributed by atoms with van der Waals surface area (Å²) in [5.41, 5.74) is 27.0. The summed E-state index contributed by atoms with van der Waals surface area (Å²) < 4.78 is 0. The summed E-state index contributed by atoms with van der Waals surface area (Å²) in [6.45, 7) is 3.18. The molecular formula is C64H95N21O16S. The SMILES string of the molecule is CC(=O)NCSC[C@@H]1NC(=O)C2(CCCC2)NC(=O)[C@@H](NC(C)=O)CC(=O)NCCCC[C@@H](C(=O)N[C@@H](Cc2cnc[nH]2)C(=O)O)NC(=O)[C@H](CCCN=C(N)N)NC(=O)[C@H](Cc2cccc3ccccc23)NC(=O)[C@H]([C@@H](C)O)NC(=O)[C@H](CCC(N)=O)NC(=O)[C@H](CCCN=C(N)N)NC1=O. The van der Waals surface area contributed by atoms with E-state index in [-0.39, 0.29) is 114 Å². The molecule has 102 heavy (non-hydrogen) atoms. The number of aromatic nitrogens is 2. The van der Waals surface area contributed by atoms with Crippen molar-refractivity contribution in [2.24, 2.45) is 38.7 Å². The number of carbonyl (C=O) groups is 14. The molecule has 1 aliphatic heterocycles. The van der Waals surface area contributed by atoms with Crippen LogP contribution in [0.5, 0.6) is 0 Å². The van der Waals surface area contributed by atoms with Gasteiger partial charge in [-0.15, -0.1) is 11.8 Å². The van der Waals surface area contributed by atoms with Crippen LogP contribution >= 0.6 is 11.8 Å². The molecule has 1 aliphatic carbocycles. The first-order valence-electron chi connectivity index (χ1n) is 33.3. The van der Waals surface area contributed by atoms with Gasteiger partial charge in [0.1, 0.15) is 59.9 Å². The second-order valence-electron chi connectivity index (χ2n) is 24.8. The Bertz CT molecular complexity index is 3500. The van der Waals surface area contributed by atoms with Crippen molar-refractivity contribution in [1.82, 2.24) is 73.8 Å². The van der Waals surface area contributed by atoms with E-state index < -0.39 is 168 Å². The molecule has 2 fully saturated rings. The van der Waals surface area contributed by atoms with Gasteiger partial charge in [0.05, 0.1) is 24.7 Å². The lowest BCUT2D eigenvalue weighted by Gasteiger charge is -2.33. The van der Waals surface area contributed by atoms with E-state index in [9.17, 15) is 72.5 Å².